The molecule has 1 heterocycles. The average Bonchev–Trinajstić information content (AvgIpc) is 2.64. The molecule has 0 aliphatic heterocycles. The van der Waals surface area contributed by atoms with Crippen LogP contribution in [0.3, 0.4) is 0 Å². The van der Waals surface area contributed by atoms with Crippen molar-refractivity contribution < 1.29 is 4.42 Å². The molecule has 3 nitrogen and oxygen atoms in total. The molecule has 0 aliphatic carbocycles. The van der Waals surface area contributed by atoms with E-state index in [1.165, 1.54) is 0 Å². The molecule has 0 bridgehead atoms. The third kappa shape index (κ3) is 4.82. The molecule has 0 aromatic carbocycles. The van der Waals surface area contributed by atoms with Crippen LogP contribution in [0.2, 0.25) is 0 Å². The quantitative estimate of drug-likeness (QED) is 0.841. The summed E-state index contributed by atoms with van der Waals surface area (Å²) in [6.45, 7) is 10.2. The van der Waals surface area contributed by atoms with Gasteiger partial charge in [0.25, 0.3) is 0 Å². The van der Waals surface area contributed by atoms with Gasteiger partial charge in [-0.1, -0.05) is 20.8 Å². The van der Waals surface area contributed by atoms with Crippen LogP contribution in [-0.4, -0.2) is 24.5 Å². The van der Waals surface area contributed by atoms with Crippen LogP contribution in [0.1, 0.15) is 33.0 Å². The van der Waals surface area contributed by atoms with Crippen molar-refractivity contribution in [2.24, 2.45) is 11.1 Å². The third-order valence-electron chi connectivity index (χ3n) is 2.80. The van der Waals surface area contributed by atoms with Gasteiger partial charge in [-0.15, -0.1) is 0 Å². The van der Waals surface area contributed by atoms with Gasteiger partial charge in [-0.05, 0) is 46.9 Å². The fourth-order valence-corrected chi connectivity index (χ4v) is 2.17. The molecule has 0 fully saturated rings. The van der Waals surface area contributed by atoms with Gasteiger partial charge in [0.1, 0.15) is 5.76 Å². The topological polar surface area (TPSA) is 42.4 Å². The van der Waals surface area contributed by atoms with Crippen LogP contribution < -0.4 is 5.73 Å². The molecule has 0 atom stereocenters. The molecule has 0 spiro atoms. The van der Waals surface area contributed by atoms with E-state index in [1.807, 2.05) is 6.07 Å². The first-order valence-corrected chi connectivity index (χ1v) is 6.92. The number of hydrogen-bond acceptors (Lipinski definition) is 3. The highest BCUT2D eigenvalue weighted by molar-refractivity contribution is 9.10. The van der Waals surface area contributed by atoms with E-state index in [1.54, 1.807) is 6.26 Å². The number of rotatable bonds is 7. The Morgan fingerprint density at radius 2 is 2.18 bits per heavy atom. The summed E-state index contributed by atoms with van der Waals surface area (Å²) in [7, 11) is 0. The lowest BCUT2D eigenvalue weighted by Crippen LogP contribution is -2.38. The Morgan fingerprint density at radius 1 is 1.47 bits per heavy atom. The van der Waals surface area contributed by atoms with Gasteiger partial charge in [0.05, 0.1) is 17.3 Å². The van der Waals surface area contributed by atoms with E-state index in [4.69, 9.17) is 10.2 Å². The Labute approximate surface area is 112 Å². The molecule has 0 unspecified atom stereocenters. The summed E-state index contributed by atoms with van der Waals surface area (Å²) in [4.78, 5) is 2.40. The monoisotopic (exact) mass is 302 g/mol. The minimum absolute atomic E-state index is 0.147. The Hall–Kier alpha value is -0.320. The van der Waals surface area contributed by atoms with Gasteiger partial charge in [0.15, 0.2) is 0 Å². The van der Waals surface area contributed by atoms with Crippen molar-refractivity contribution in [2.75, 3.05) is 19.6 Å². The maximum absolute atomic E-state index is 5.79. The first-order valence-electron chi connectivity index (χ1n) is 6.13. The summed E-state index contributed by atoms with van der Waals surface area (Å²) in [6.07, 6.45) is 2.86. The molecule has 0 saturated heterocycles. The lowest BCUT2D eigenvalue weighted by Gasteiger charge is -2.31. The van der Waals surface area contributed by atoms with Crippen molar-refractivity contribution in [2.45, 2.75) is 33.7 Å². The van der Waals surface area contributed by atoms with Crippen LogP contribution in [0, 0.1) is 5.41 Å². The van der Waals surface area contributed by atoms with Crippen LogP contribution in [0.25, 0.3) is 0 Å². The second kappa shape index (κ2) is 6.57. The van der Waals surface area contributed by atoms with Crippen LogP contribution >= 0.6 is 15.9 Å². The molecule has 4 heteroatoms. The summed E-state index contributed by atoms with van der Waals surface area (Å²) in [5, 5.41) is 0. The number of hydrogen-bond donors (Lipinski definition) is 1. The standard InChI is InChI=1S/C13H23BrN2O/c1-4-6-16(10-13(2,3)9-15)8-12-11(14)5-7-17-12/h5,7H,4,6,8-10,15H2,1-3H3. The van der Waals surface area contributed by atoms with Crippen molar-refractivity contribution in [1.82, 2.24) is 4.90 Å². The minimum Gasteiger partial charge on any atom is -0.467 e. The van der Waals surface area contributed by atoms with E-state index in [0.717, 1.165) is 36.3 Å². The van der Waals surface area contributed by atoms with Gasteiger partial charge >= 0.3 is 0 Å². The lowest BCUT2D eigenvalue weighted by atomic mass is 9.93. The van der Waals surface area contributed by atoms with E-state index in [2.05, 4.69) is 41.6 Å². The van der Waals surface area contributed by atoms with E-state index >= 15 is 0 Å². The number of furan rings is 1. The van der Waals surface area contributed by atoms with Gasteiger partial charge in [0, 0.05) is 6.54 Å². The number of halogens is 1. The predicted octanol–water partition coefficient (Wildman–Crippen LogP) is 3.24. The number of nitrogens with two attached hydrogens (primary N) is 1. The first-order chi connectivity index (χ1) is 7.98. The van der Waals surface area contributed by atoms with Crippen molar-refractivity contribution in [3.05, 3.63) is 22.6 Å². The Balaban J connectivity index is 2.63. The van der Waals surface area contributed by atoms with Crippen LogP contribution in [0.15, 0.2) is 21.2 Å². The molecule has 2 N–H and O–H groups in total. The first kappa shape index (κ1) is 14.7. The number of nitrogens with zero attached hydrogens (tertiary/aromatic N) is 1. The van der Waals surface area contributed by atoms with E-state index in [-0.39, 0.29) is 5.41 Å². The smallest absolute Gasteiger partial charge is 0.131 e. The molecule has 1 aromatic rings. The van der Waals surface area contributed by atoms with Crippen molar-refractivity contribution in [3.8, 4) is 0 Å². The Kier molecular flexibility index (Phi) is 5.70. The molecule has 0 amide bonds. The van der Waals surface area contributed by atoms with Crippen molar-refractivity contribution in [3.63, 3.8) is 0 Å². The van der Waals surface area contributed by atoms with E-state index in [9.17, 15) is 0 Å². The maximum Gasteiger partial charge on any atom is 0.131 e. The van der Waals surface area contributed by atoms with Gasteiger partial charge in [-0.2, -0.15) is 0 Å². The Bertz CT molecular complexity index is 336. The highest BCUT2D eigenvalue weighted by Crippen LogP contribution is 2.22. The summed E-state index contributed by atoms with van der Waals surface area (Å²) < 4.78 is 6.51. The Morgan fingerprint density at radius 3 is 2.65 bits per heavy atom. The minimum atomic E-state index is 0.147. The maximum atomic E-state index is 5.79. The average molecular weight is 303 g/mol. The molecule has 17 heavy (non-hydrogen) atoms. The lowest BCUT2D eigenvalue weighted by molar-refractivity contribution is 0.165. The van der Waals surface area contributed by atoms with Gasteiger partial charge in [-0.3, -0.25) is 4.90 Å². The van der Waals surface area contributed by atoms with E-state index in [0.29, 0.717) is 6.54 Å². The van der Waals surface area contributed by atoms with Crippen molar-refractivity contribution in [1.29, 1.82) is 0 Å². The van der Waals surface area contributed by atoms with Crippen LogP contribution in [-0.2, 0) is 6.54 Å². The summed E-state index contributed by atoms with van der Waals surface area (Å²) in [5.41, 5.74) is 5.94. The molecular formula is C13H23BrN2O. The molecule has 1 rings (SSSR count). The zero-order chi connectivity index (χ0) is 12.9. The van der Waals surface area contributed by atoms with E-state index < -0.39 is 0 Å². The molecule has 0 aliphatic rings. The zero-order valence-electron chi connectivity index (χ0n) is 11.0. The van der Waals surface area contributed by atoms with Crippen molar-refractivity contribution >= 4 is 15.9 Å². The highest BCUT2D eigenvalue weighted by Gasteiger charge is 2.21. The van der Waals surface area contributed by atoms with Crippen LogP contribution in [0.4, 0.5) is 0 Å². The summed E-state index contributed by atoms with van der Waals surface area (Å²) in [6, 6.07) is 1.94. The zero-order valence-corrected chi connectivity index (χ0v) is 12.6. The summed E-state index contributed by atoms with van der Waals surface area (Å²) in [5.74, 6) is 0.992. The fraction of sp³-hybridized carbons (Fsp3) is 0.692. The SMILES string of the molecule is CCCN(Cc1occc1Br)CC(C)(C)CN. The van der Waals surface area contributed by atoms with Gasteiger partial charge in [-0.25, -0.2) is 0 Å². The molecule has 98 valence electrons. The van der Waals surface area contributed by atoms with Gasteiger partial charge < -0.3 is 10.2 Å². The molecule has 0 saturated carbocycles. The second-order valence-electron chi connectivity index (χ2n) is 5.27. The molecule has 1 aromatic heterocycles. The largest absolute Gasteiger partial charge is 0.467 e. The fourth-order valence-electron chi connectivity index (χ4n) is 1.84. The molecular weight excluding hydrogens is 280 g/mol. The normalized spacial score (nSPS) is 12.4. The highest BCUT2D eigenvalue weighted by atomic mass is 79.9. The third-order valence-corrected chi connectivity index (χ3v) is 3.51. The van der Waals surface area contributed by atoms with Crippen LogP contribution in [0.5, 0.6) is 0 Å². The second-order valence-corrected chi connectivity index (χ2v) is 6.13. The summed E-state index contributed by atoms with van der Waals surface area (Å²) >= 11 is 3.50. The molecule has 0 radical (unpaired) electrons. The van der Waals surface area contributed by atoms with Gasteiger partial charge in [0.2, 0.25) is 0 Å². The predicted molar refractivity (Wildman–Crippen MR) is 74.8 cm³/mol.